The van der Waals surface area contributed by atoms with Crippen molar-refractivity contribution < 1.29 is 9.59 Å². The molecule has 0 unspecified atom stereocenters. The first-order valence-corrected chi connectivity index (χ1v) is 11.1. The Bertz CT molecular complexity index is 719. The first-order chi connectivity index (χ1) is 13.6. The molecule has 0 saturated heterocycles. The van der Waals surface area contributed by atoms with Crippen molar-refractivity contribution in [1.29, 1.82) is 0 Å². The van der Waals surface area contributed by atoms with E-state index in [2.05, 4.69) is 5.32 Å². The Morgan fingerprint density at radius 2 is 1.25 bits per heavy atom. The molecule has 1 saturated carbocycles. The highest BCUT2D eigenvalue weighted by Crippen LogP contribution is 2.30. The standard InChI is InChI=1S/C22H28Cl2N2O2/c23-16-12-14-18(15-13-16)26-21(27)19(24)20(22(26)28)25-17-10-8-6-4-2-1-3-5-7-9-11-17/h12-15,17,25H,1-11H2. The third-order valence-electron chi connectivity index (χ3n) is 5.57. The van der Waals surface area contributed by atoms with E-state index in [1.165, 1.54) is 44.9 Å². The lowest BCUT2D eigenvalue weighted by molar-refractivity contribution is -0.120. The fraction of sp³-hybridized carbons (Fsp3) is 0.545. The first kappa shape index (κ1) is 21.2. The van der Waals surface area contributed by atoms with Gasteiger partial charge in [0.1, 0.15) is 10.7 Å². The van der Waals surface area contributed by atoms with Crippen LogP contribution in [0.25, 0.3) is 0 Å². The van der Waals surface area contributed by atoms with Crippen LogP contribution in [0.15, 0.2) is 35.0 Å². The summed E-state index contributed by atoms with van der Waals surface area (Å²) in [6.45, 7) is 0. The minimum Gasteiger partial charge on any atom is -0.376 e. The number of anilines is 1. The lowest BCUT2D eigenvalue weighted by Gasteiger charge is -2.21. The maximum absolute atomic E-state index is 12.9. The number of halogens is 2. The van der Waals surface area contributed by atoms with Crippen LogP contribution in [0.2, 0.25) is 5.02 Å². The molecule has 1 aromatic carbocycles. The zero-order valence-corrected chi connectivity index (χ0v) is 17.7. The predicted molar refractivity (Wildman–Crippen MR) is 115 cm³/mol. The van der Waals surface area contributed by atoms with Gasteiger partial charge in [0.2, 0.25) is 0 Å². The van der Waals surface area contributed by atoms with Crippen molar-refractivity contribution in [2.24, 2.45) is 0 Å². The second kappa shape index (κ2) is 10.3. The van der Waals surface area contributed by atoms with Crippen LogP contribution in [0, 0.1) is 0 Å². The van der Waals surface area contributed by atoms with Crippen molar-refractivity contribution in [1.82, 2.24) is 5.32 Å². The molecule has 2 amide bonds. The number of benzene rings is 1. The molecule has 4 nitrogen and oxygen atoms in total. The zero-order valence-electron chi connectivity index (χ0n) is 16.2. The number of imide groups is 1. The first-order valence-electron chi connectivity index (χ1n) is 10.4. The summed E-state index contributed by atoms with van der Waals surface area (Å²) in [6.07, 6.45) is 13.2. The van der Waals surface area contributed by atoms with Crippen LogP contribution in [0.1, 0.15) is 70.6 Å². The van der Waals surface area contributed by atoms with E-state index < -0.39 is 5.91 Å². The number of amides is 2. The molecule has 2 aliphatic rings. The largest absolute Gasteiger partial charge is 0.376 e. The van der Waals surface area contributed by atoms with Crippen LogP contribution < -0.4 is 10.2 Å². The molecule has 0 bridgehead atoms. The van der Waals surface area contributed by atoms with Gasteiger partial charge in [0.15, 0.2) is 0 Å². The van der Waals surface area contributed by atoms with E-state index in [4.69, 9.17) is 23.2 Å². The molecular formula is C22H28Cl2N2O2. The Morgan fingerprint density at radius 1 is 0.750 bits per heavy atom. The van der Waals surface area contributed by atoms with Gasteiger partial charge < -0.3 is 5.32 Å². The van der Waals surface area contributed by atoms with Crippen molar-refractivity contribution in [2.45, 2.75) is 76.7 Å². The Labute approximate surface area is 177 Å². The van der Waals surface area contributed by atoms with E-state index in [1.54, 1.807) is 24.3 Å². The Hall–Kier alpha value is -1.52. The lowest BCUT2D eigenvalue weighted by Crippen LogP contribution is -2.36. The van der Waals surface area contributed by atoms with Gasteiger partial charge >= 0.3 is 0 Å². The Morgan fingerprint density at radius 3 is 1.79 bits per heavy atom. The molecule has 1 N–H and O–H groups in total. The number of hydrogen-bond acceptors (Lipinski definition) is 3. The predicted octanol–water partition coefficient (Wildman–Crippen LogP) is 5.93. The van der Waals surface area contributed by atoms with Gasteiger partial charge in [-0.25, -0.2) is 4.90 Å². The zero-order chi connectivity index (χ0) is 19.9. The number of hydrogen-bond donors (Lipinski definition) is 1. The molecule has 152 valence electrons. The van der Waals surface area contributed by atoms with Crippen molar-refractivity contribution in [3.8, 4) is 0 Å². The average Bonchev–Trinajstić information content (AvgIpc) is 2.88. The van der Waals surface area contributed by atoms with Crippen molar-refractivity contribution in [2.75, 3.05) is 4.90 Å². The summed E-state index contributed by atoms with van der Waals surface area (Å²) in [7, 11) is 0. The summed E-state index contributed by atoms with van der Waals surface area (Å²) in [5, 5.41) is 3.85. The van der Waals surface area contributed by atoms with E-state index >= 15 is 0 Å². The van der Waals surface area contributed by atoms with Gasteiger partial charge in [0.25, 0.3) is 11.8 Å². The number of nitrogens with one attached hydrogen (secondary N) is 1. The molecule has 1 heterocycles. The lowest BCUT2D eigenvalue weighted by atomic mass is 9.98. The minimum atomic E-state index is -0.482. The number of nitrogens with zero attached hydrogens (tertiary/aromatic N) is 1. The maximum atomic E-state index is 12.9. The van der Waals surface area contributed by atoms with Crippen LogP contribution in [0.5, 0.6) is 0 Å². The molecule has 1 aromatic rings. The second-order valence-corrected chi connectivity index (χ2v) is 8.53. The SMILES string of the molecule is O=C1C(Cl)=C(NC2CCCCCCCCCCC2)C(=O)N1c1ccc(Cl)cc1. The van der Waals surface area contributed by atoms with E-state index in [1.807, 2.05) is 0 Å². The van der Waals surface area contributed by atoms with E-state index in [9.17, 15) is 9.59 Å². The number of carbonyl (C=O) groups is 2. The van der Waals surface area contributed by atoms with Gasteiger partial charge in [-0.15, -0.1) is 0 Å². The molecule has 1 aliphatic heterocycles. The molecule has 3 rings (SSSR count). The van der Waals surface area contributed by atoms with E-state index in [0.29, 0.717) is 10.7 Å². The molecule has 0 spiro atoms. The van der Waals surface area contributed by atoms with Crippen LogP contribution in [0.3, 0.4) is 0 Å². The third kappa shape index (κ3) is 5.30. The summed E-state index contributed by atoms with van der Waals surface area (Å²) in [5.74, 6) is -0.868. The highest BCUT2D eigenvalue weighted by atomic mass is 35.5. The normalized spacial score (nSPS) is 20.9. The van der Waals surface area contributed by atoms with Crippen LogP contribution in [0.4, 0.5) is 5.69 Å². The quantitative estimate of drug-likeness (QED) is 0.614. The maximum Gasteiger partial charge on any atom is 0.283 e. The smallest absolute Gasteiger partial charge is 0.283 e. The van der Waals surface area contributed by atoms with Gasteiger partial charge in [0, 0.05) is 11.1 Å². The molecule has 1 fully saturated rings. The molecular weight excluding hydrogens is 395 g/mol. The number of carbonyl (C=O) groups excluding carboxylic acids is 2. The molecule has 0 atom stereocenters. The van der Waals surface area contributed by atoms with Gasteiger partial charge in [-0.2, -0.15) is 0 Å². The summed E-state index contributed by atoms with van der Waals surface area (Å²) < 4.78 is 0. The van der Waals surface area contributed by atoms with Crippen LogP contribution in [-0.4, -0.2) is 17.9 Å². The monoisotopic (exact) mass is 422 g/mol. The van der Waals surface area contributed by atoms with Gasteiger partial charge in [0.05, 0.1) is 5.69 Å². The van der Waals surface area contributed by atoms with E-state index in [-0.39, 0.29) is 22.7 Å². The van der Waals surface area contributed by atoms with Crippen molar-refractivity contribution in [3.63, 3.8) is 0 Å². The Balaban J connectivity index is 1.69. The van der Waals surface area contributed by atoms with Gasteiger partial charge in [-0.3, -0.25) is 9.59 Å². The fourth-order valence-corrected chi connectivity index (χ4v) is 4.31. The summed E-state index contributed by atoms with van der Waals surface area (Å²) in [5.41, 5.74) is 0.715. The van der Waals surface area contributed by atoms with Crippen molar-refractivity contribution >= 4 is 40.7 Å². The highest BCUT2D eigenvalue weighted by molar-refractivity contribution is 6.52. The topological polar surface area (TPSA) is 49.4 Å². The number of rotatable bonds is 3. The van der Waals surface area contributed by atoms with E-state index in [0.717, 1.165) is 30.6 Å². The average molecular weight is 423 g/mol. The highest BCUT2D eigenvalue weighted by Gasteiger charge is 2.39. The summed E-state index contributed by atoms with van der Waals surface area (Å²) in [4.78, 5) is 26.7. The van der Waals surface area contributed by atoms with Crippen molar-refractivity contribution in [3.05, 3.63) is 40.0 Å². The van der Waals surface area contributed by atoms with Crippen LogP contribution in [-0.2, 0) is 9.59 Å². The Kier molecular flexibility index (Phi) is 7.81. The molecule has 6 heteroatoms. The minimum absolute atomic E-state index is 0.0222. The van der Waals surface area contributed by atoms with Crippen LogP contribution >= 0.6 is 23.2 Å². The molecule has 1 aliphatic carbocycles. The molecule has 0 aromatic heterocycles. The summed E-state index contributed by atoms with van der Waals surface area (Å²) in [6, 6.07) is 6.79. The van der Waals surface area contributed by atoms with Gasteiger partial charge in [-0.05, 0) is 37.1 Å². The second-order valence-electron chi connectivity index (χ2n) is 7.71. The third-order valence-corrected chi connectivity index (χ3v) is 6.17. The van der Waals surface area contributed by atoms with Gasteiger partial charge in [-0.1, -0.05) is 81.0 Å². The molecule has 28 heavy (non-hydrogen) atoms. The fourth-order valence-electron chi connectivity index (χ4n) is 3.96. The molecule has 0 radical (unpaired) electrons. The summed E-state index contributed by atoms with van der Waals surface area (Å²) >= 11 is 12.2.